The van der Waals surface area contributed by atoms with Crippen molar-refractivity contribution in [2.45, 2.75) is 32.6 Å². The van der Waals surface area contributed by atoms with Gasteiger partial charge in [-0.2, -0.15) is 13.2 Å². The van der Waals surface area contributed by atoms with Crippen molar-refractivity contribution >= 4 is 38.2 Å². The molecule has 0 N–H and O–H groups in total. The molecule has 1 aliphatic rings. The number of piperazine rings is 1. The third-order valence-corrected chi connectivity index (χ3v) is 6.59. The Morgan fingerprint density at radius 3 is 2.59 bits per heavy atom. The summed E-state index contributed by atoms with van der Waals surface area (Å²) in [7, 11) is 0. The molecule has 3 aromatic rings. The Balaban J connectivity index is 1.55. The normalized spacial score (nSPS) is 16.7. The van der Waals surface area contributed by atoms with E-state index in [4.69, 9.17) is 4.74 Å². The largest absolute Gasteiger partial charge is 0.464 e. The predicted octanol–water partition coefficient (Wildman–Crippen LogP) is 3.11. The Hall–Kier alpha value is -2.81. The van der Waals surface area contributed by atoms with E-state index >= 15 is 0 Å². The van der Waals surface area contributed by atoms with E-state index in [0.717, 1.165) is 0 Å². The molecule has 15 heteroatoms. The average molecular weight is 561 g/mol. The zero-order chi connectivity index (χ0) is 24.5. The molecule has 0 aromatic carbocycles. The molecule has 1 aliphatic heterocycles. The quantitative estimate of drug-likeness (QED) is 0.453. The van der Waals surface area contributed by atoms with E-state index in [0.29, 0.717) is 52.9 Å². The minimum atomic E-state index is -4.58. The molecule has 1 saturated heterocycles. The highest BCUT2D eigenvalue weighted by Gasteiger charge is 2.38. The summed E-state index contributed by atoms with van der Waals surface area (Å²) in [6.45, 7) is 5.06. The fraction of sp³-hybridized carbons (Fsp3) is 0.474. The van der Waals surface area contributed by atoms with Crippen LogP contribution >= 0.6 is 27.3 Å². The number of hydrogen-bond acceptors (Lipinski definition) is 9. The van der Waals surface area contributed by atoms with Gasteiger partial charge in [0.25, 0.3) is 0 Å². The van der Waals surface area contributed by atoms with Crippen LogP contribution in [-0.2, 0) is 17.5 Å². The molecule has 0 aliphatic carbocycles. The number of aromatic nitrogens is 6. The van der Waals surface area contributed by atoms with E-state index in [9.17, 15) is 18.0 Å². The molecule has 4 heterocycles. The topological polar surface area (TPSA) is 102 Å². The van der Waals surface area contributed by atoms with Crippen LogP contribution in [0.5, 0.6) is 6.01 Å². The minimum Gasteiger partial charge on any atom is -0.464 e. The molecule has 0 unspecified atom stereocenters. The van der Waals surface area contributed by atoms with Crippen molar-refractivity contribution in [3.05, 3.63) is 28.5 Å². The van der Waals surface area contributed by atoms with Crippen LogP contribution in [0.4, 0.5) is 18.2 Å². The van der Waals surface area contributed by atoms with Crippen molar-refractivity contribution in [1.29, 1.82) is 0 Å². The van der Waals surface area contributed by atoms with Gasteiger partial charge in [0.1, 0.15) is 23.6 Å². The van der Waals surface area contributed by atoms with E-state index in [1.54, 1.807) is 11.8 Å². The van der Waals surface area contributed by atoms with Crippen molar-refractivity contribution < 1.29 is 22.7 Å². The average Bonchev–Trinajstić information content (AvgIpc) is 3.41. The standard InChI is InChI=1S/C19H20BrF3N8O2S/c1-3-33-18-24-6-12(7-25-18)14-15(34-16(27-14)19(21,22)23)29-4-5-31(11(2)8-29)13(32)9-30-10-26-17(20)28-30/h6-7,10-11H,3-5,8-9H2,1-2H3/t11-/m1/s1. The first-order valence-corrected chi connectivity index (χ1v) is 11.9. The van der Waals surface area contributed by atoms with Crippen molar-refractivity contribution in [2.75, 3.05) is 31.1 Å². The maximum Gasteiger partial charge on any atom is 0.443 e. The Bertz CT molecular complexity index is 1150. The van der Waals surface area contributed by atoms with Gasteiger partial charge in [-0.3, -0.25) is 4.79 Å². The number of halogens is 4. The first kappa shape index (κ1) is 24.3. The summed E-state index contributed by atoms with van der Waals surface area (Å²) in [5.74, 6) is -0.148. The summed E-state index contributed by atoms with van der Waals surface area (Å²) < 4.78 is 47.5. The van der Waals surface area contributed by atoms with Crippen molar-refractivity contribution in [1.82, 2.24) is 34.6 Å². The Morgan fingerprint density at radius 2 is 2.00 bits per heavy atom. The van der Waals surface area contributed by atoms with Crippen LogP contribution in [0.1, 0.15) is 18.9 Å². The van der Waals surface area contributed by atoms with Crippen LogP contribution in [0.15, 0.2) is 23.5 Å². The maximum atomic E-state index is 13.5. The number of amides is 1. The number of rotatable bonds is 6. The van der Waals surface area contributed by atoms with Crippen LogP contribution in [-0.4, -0.2) is 72.8 Å². The second-order valence-corrected chi connectivity index (χ2v) is 9.14. The molecule has 182 valence electrons. The van der Waals surface area contributed by atoms with Crippen molar-refractivity contribution in [3.63, 3.8) is 0 Å². The summed E-state index contributed by atoms with van der Waals surface area (Å²) in [4.78, 5) is 32.2. The predicted molar refractivity (Wildman–Crippen MR) is 120 cm³/mol. The molecule has 0 spiro atoms. The minimum absolute atomic E-state index is 0.0243. The highest BCUT2D eigenvalue weighted by Crippen LogP contribution is 2.43. The molecule has 34 heavy (non-hydrogen) atoms. The highest BCUT2D eigenvalue weighted by molar-refractivity contribution is 9.10. The fourth-order valence-corrected chi connectivity index (χ4v) is 4.85. The van der Waals surface area contributed by atoms with Crippen LogP contribution in [0, 0.1) is 0 Å². The summed E-state index contributed by atoms with van der Waals surface area (Å²) in [5.41, 5.74) is 0.507. The van der Waals surface area contributed by atoms with Gasteiger partial charge in [0.05, 0.1) is 6.61 Å². The van der Waals surface area contributed by atoms with Gasteiger partial charge in [0.15, 0.2) is 0 Å². The van der Waals surface area contributed by atoms with Gasteiger partial charge in [-0.05, 0) is 29.8 Å². The zero-order valence-corrected chi connectivity index (χ0v) is 20.6. The molecule has 10 nitrogen and oxygen atoms in total. The number of alkyl halides is 3. The maximum absolute atomic E-state index is 13.5. The van der Waals surface area contributed by atoms with E-state index in [2.05, 4.69) is 41.0 Å². The number of anilines is 1. The zero-order valence-electron chi connectivity index (χ0n) is 18.2. The molecule has 0 saturated carbocycles. The molecule has 0 bridgehead atoms. The van der Waals surface area contributed by atoms with Crippen LogP contribution in [0.25, 0.3) is 11.3 Å². The number of hydrogen-bond donors (Lipinski definition) is 0. The van der Waals surface area contributed by atoms with Crippen LogP contribution in [0.2, 0.25) is 0 Å². The lowest BCUT2D eigenvalue weighted by molar-refractivity contribution is -0.137. The first-order valence-electron chi connectivity index (χ1n) is 10.3. The van der Waals surface area contributed by atoms with Crippen molar-refractivity contribution in [3.8, 4) is 17.3 Å². The third-order valence-electron chi connectivity index (χ3n) is 5.07. The lowest BCUT2D eigenvalue weighted by atomic mass is 10.1. The molecule has 0 radical (unpaired) electrons. The molecular formula is C19H20BrF3N8O2S. The van der Waals surface area contributed by atoms with Crippen LogP contribution in [0.3, 0.4) is 0 Å². The number of thiazole rings is 1. The van der Waals surface area contributed by atoms with Gasteiger partial charge in [0, 0.05) is 43.6 Å². The number of ether oxygens (including phenoxy) is 1. The Labute approximate surface area is 204 Å². The molecular weight excluding hydrogens is 541 g/mol. The van der Waals surface area contributed by atoms with E-state index in [1.807, 2.05) is 11.8 Å². The smallest absolute Gasteiger partial charge is 0.443 e. The van der Waals surface area contributed by atoms with Gasteiger partial charge >= 0.3 is 12.2 Å². The first-order chi connectivity index (χ1) is 16.2. The second-order valence-electron chi connectivity index (χ2n) is 7.45. The molecule has 1 atom stereocenters. The SMILES string of the molecule is CCOc1ncc(-c2nc(C(F)(F)F)sc2N2CCN(C(=O)Cn3cnc(Br)n3)[C@H](C)C2)cn1. The lowest BCUT2D eigenvalue weighted by Gasteiger charge is -2.40. The molecule has 1 amide bonds. The highest BCUT2D eigenvalue weighted by atomic mass is 79.9. The number of carbonyl (C=O) groups excluding carboxylic acids is 1. The van der Waals surface area contributed by atoms with Crippen LogP contribution < -0.4 is 9.64 Å². The number of carbonyl (C=O) groups is 1. The third kappa shape index (κ3) is 5.29. The van der Waals surface area contributed by atoms with E-state index in [1.165, 1.54) is 23.4 Å². The molecule has 1 fully saturated rings. The number of nitrogens with zero attached hydrogens (tertiary/aromatic N) is 8. The monoisotopic (exact) mass is 560 g/mol. The van der Waals surface area contributed by atoms with Gasteiger partial charge in [-0.15, -0.1) is 5.10 Å². The van der Waals surface area contributed by atoms with Crippen molar-refractivity contribution in [2.24, 2.45) is 0 Å². The fourth-order valence-electron chi connectivity index (χ4n) is 3.57. The van der Waals surface area contributed by atoms with Gasteiger partial charge in [0.2, 0.25) is 15.6 Å². The van der Waals surface area contributed by atoms with Gasteiger partial charge in [-0.1, -0.05) is 11.3 Å². The molecule has 4 rings (SSSR count). The summed E-state index contributed by atoms with van der Waals surface area (Å²) >= 11 is 3.71. The summed E-state index contributed by atoms with van der Waals surface area (Å²) in [6.07, 6.45) is -0.338. The Morgan fingerprint density at radius 1 is 1.26 bits per heavy atom. The Kier molecular flexibility index (Phi) is 7.02. The van der Waals surface area contributed by atoms with Gasteiger partial charge < -0.3 is 14.5 Å². The van der Waals surface area contributed by atoms with E-state index < -0.39 is 11.2 Å². The van der Waals surface area contributed by atoms with E-state index in [-0.39, 0.29) is 30.2 Å². The van der Waals surface area contributed by atoms with Gasteiger partial charge in [-0.25, -0.2) is 24.6 Å². The molecule has 3 aromatic heterocycles. The summed E-state index contributed by atoms with van der Waals surface area (Å²) in [5, 5.41) is 3.46. The lowest BCUT2D eigenvalue weighted by Crippen LogP contribution is -2.54. The summed E-state index contributed by atoms with van der Waals surface area (Å²) in [6, 6.07) is -0.103. The second kappa shape index (κ2) is 9.82.